The molecule has 2 N–H and O–H groups in total. The van der Waals surface area contributed by atoms with Crippen LogP contribution in [0.4, 0.5) is 13.2 Å². The lowest BCUT2D eigenvalue weighted by Crippen LogP contribution is -2.24. The second-order valence-electron chi connectivity index (χ2n) is 4.03. The molecule has 1 nitrogen and oxygen atoms in total. The minimum atomic E-state index is -4.22. The van der Waals surface area contributed by atoms with E-state index in [-0.39, 0.29) is 13.0 Å². The fourth-order valence-electron chi connectivity index (χ4n) is 1.80. The van der Waals surface area contributed by atoms with Gasteiger partial charge in [0.05, 0.1) is 5.92 Å². The third kappa shape index (κ3) is 2.98. The summed E-state index contributed by atoms with van der Waals surface area (Å²) in [5, 5.41) is 0. The van der Waals surface area contributed by atoms with Gasteiger partial charge in [0, 0.05) is 0 Å². The molecule has 1 unspecified atom stereocenters. The van der Waals surface area contributed by atoms with E-state index in [1.807, 2.05) is 6.07 Å². The van der Waals surface area contributed by atoms with Crippen molar-refractivity contribution >= 4 is 0 Å². The molecule has 0 aliphatic carbocycles. The molecular weight excluding hydrogens is 215 g/mol. The van der Waals surface area contributed by atoms with Gasteiger partial charge in [-0.1, -0.05) is 23.8 Å². The number of hydrogen-bond acceptors (Lipinski definition) is 1. The number of halogens is 3. The van der Waals surface area contributed by atoms with Crippen LogP contribution >= 0.6 is 0 Å². The highest BCUT2D eigenvalue weighted by molar-refractivity contribution is 5.34. The standard InChI is InChI=1S/C12H16F3N/c1-8-3-4-9(2)10(7-8)11(5-6-16)12(13,14)15/h3-4,7,11H,5-6,16H2,1-2H3. The van der Waals surface area contributed by atoms with Crippen molar-refractivity contribution in [2.45, 2.75) is 32.4 Å². The van der Waals surface area contributed by atoms with E-state index in [9.17, 15) is 13.2 Å². The number of nitrogens with two attached hydrogens (primary N) is 1. The van der Waals surface area contributed by atoms with Gasteiger partial charge in [0.1, 0.15) is 0 Å². The number of benzene rings is 1. The first-order chi connectivity index (χ1) is 7.36. The Morgan fingerprint density at radius 3 is 2.38 bits per heavy atom. The Morgan fingerprint density at radius 1 is 1.25 bits per heavy atom. The van der Waals surface area contributed by atoms with Crippen molar-refractivity contribution < 1.29 is 13.2 Å². The number of alkyl halides is 3. The normalized spacial score (nSPS) is 13.9. The summed E-state index contributed by atoms with van der Waals surface area (Å²) in [6.45, 7) is 3.53. The van der Waals surface area contributed by atoms with Crippen molar-refractivity contribution in [3.05, 3.63) is 34.9 Å². The van der Waals surface area contributed by atoms with Crippen LogP contribution in [0.5, 0.6) is 0 Å². The van der Waals surface area contributed by atoms with E-state index in [0.717, 1.165) is 5.56 Å². The predicted molar refractivity (Wildman–Crippen MR) is 58.4 cm³/mol. The summed E-state index contributed by atoms with van der Waals surface area (Å²) in [7, 11) is 0. The van der Waals surface area contributed by atoms with Crippen LogP contribution in [0.15, 0.2) is 18.2 Å². The first kappa shape index (κ1) is 13.0. The molecule has 16 heavy (non-hydrogen) atoms. The third-order valence-electron chi connectivity index (χ3n) is 2.66. The molecule has 0 heterocycles. The van der Waals surface area contributed by atoms with Gasteiger partial charge in [-0.15, -0.1) is 0 Å². The molecule has 0 aromatic heterocycles. The number of hydrogen-bond donors (Lipinski definition) is 1. The molecule has 0 aliphatic heterocycles. The molecule has 0 spiro atoms. The Bertz CT molecular complexity index is 358. The molecule has 90 valence electrons. The maximum Gasteiger partial charge on any atom is 0.395 e. The molecule has 1 aromatic rings. The van der Waals surface area contributed by atoms with Crippen molar-refractivity contribution in [3.63, 3.8) is 0 Å². The highest BCUT2D eigenvalue weighted by Crippen LogP contribution is 2.38. The first-order valence-electron chi connectivity index (χ1n) is 5.20. The topological polar surface area (TPSA) is 26.0 Å². The predicted octanol–water partition coefficient (Wildman–Crippen LogP) is 3.30. The van der Waals surface area contributed by atoms with E-state index in [2.05, 4.69) is 0 Å². The monoisotopic (exact) mass is 231 g/mol. The number of rotatable bonds is 3. The van der Waals surface area contributed by atoms with E-state index >= 15 is 0 Å². The second-order valence-corrected chi connectivity index (χ2v) is 4.03. The summed E-state index contributed by atoms with van der Waals surface area (Å²) in [6, 6.07) is 5.14. The van der Waals surface area contributed by atoms with Gasteiger partial charge < -0.3 is 5.73 Å². The van der Waals surface area contributed by atoms with Crippen molar-refractivity contribution in [2.75, 3.05) is 6.54 Å². The quantitative estimate of drug-likeness (QED) is 0.848. The van der Waals surface area contributed by atoms with E-state index in [1.54, 1.807) is 26.0 Å². The lowest BCUT2D eigenvalue weighted by Gasteiger charge is -2.22. The Morgan fingerprint density at radius 2 is 1.88 bits per heavy atom. The average Bonchev–Trinajstić information content (AvgIpc) is 2.17. The van der Waals surface area contributed by atoms with E-state index in [1.165, 1.54) is 0 Å². The molecule has 0 amide bonds. The van der Waals surface area contributed by atoms with Crippen LogP contribution in [0, 0.1) is 13.8 Å². The summed E-state index contributed by atoms with van der Waals surface area (Å²) in [6.07, 6.45) is -4.29. The number of aryl methyl sites for hydroxylation is 2. The third-order valence-corrected chi connectivity index (χ3v) is 2.66. The summed E-state index contributed by atoms with van der Waals surface area (Å²) in [5.41, 5.74) is 7.10. The maximum atomic E-state index is 12.8. The van der Waals surface area contributed by atoms with Crippen LogP contribution in [0.2, 0.25) is 0 Å². The van der Waals surface area contributed by atoms with Gasteiger partial charge in [-0.05, 0) is 37.9 Å². The lowest BCUT2D eigenvalue weighted by atomic mass is 9.90. The molecule has 0 saturated heterocycles. The maximum absolute atomic E-state index is 12.8. The van der Waals surface area contributed by atoms with Gasteiger partial charge in [-0.2, -0.15) is 13.2 Å². The van der Waals surface area contributed by atoms with Gasteiger partial charge in [-0.3, -0.25) is 0 Å². The van der Waals surface area contributed by atoms with Gasteiger partial charge in [0.15, 0.2) is 0 Å². The van der Waals surface area contributed by atoms with Crippen molar-refractivity contribution in [1.29, 1.82) is 0 Å². The van der Waals surface area contributed by atoms with Gasteiger partial charge in [-0.25, -0.2) is 0 Å². The summed E-state index contributed by atoms with van der Waals surface area (Å²) in [4.78, 5) is 0. The Kier molecular flexibility index (Phi) is 3.97. The van der Waals surface area contributed by atoms with Crippen molar-refractivity contribution in [3.8, 4) is 0 Å². The molecule has 0 aliphatic rings. The smallest absolute Gasteiger partial charge is 0.330 e. The molecule has 0 saturated carbocycles. The molecule has 0 fully saturated rings. The zero-order chi connectivity index (χ0) is 12.3. The summed E-state index contributed by atoms with van der Waals surface area (Å²) >= 11 is 0. The van der Waals surface area contributed by atoms with Crippen molar-refractivity contribution in [1.82, 2.24) is 0 Å². The van der Waals surface area contributed by atoms with Gasteiger partial charge in [0.25, 0.3) is 0 Å². The Labute approximate surface area is 93.5 Å². The van der Waals surface area contributed by atoms with E-state index < -0.39 is 12.1 Å². The lowest BCUT2D eigenvalue weighted by molar-refractivity contribution is -0.151. The average molecular weight is 231 g/mol. The SMILES string of the molecule is Cc1ccc(C)c(C(CCN)C(F)(F)F)c1. The van der Waals surface area contributed by atoms with E-state index in [0.29, 0.717) is 11.1 Å². The van der Waals surface area contributed by atoms with Crippen LogP contribution in [0.3, 0.4) is 0 Å². The highest BCUT2D eigenvalue weighted by Gasteiger charge is 2.40. The summed E-state index contributed by atoms with van der Waals surface area (Å²) < 4.78 is 38.5. The molecule has 1 atom stereocenters. The van der Waals surface area contributed by atoms with Gasteiger partial charge in [0.2, 0.25) is 0 Å². The van der Waals surface area contributed by atoms with Crippen LogP contribution in [-0.4, -0.2) is 12.7 Å². The first-order valence-corrected chi connectivity index (χ1v) is 5.20. The zero-order valence-electron chi connectivity index (χ0n) is 9.43. The Hall–Kier alpha value is -1.03. The van der Waals surface area contributed by atoms with Crippen LogP contribution < -0.4 is 5.73 Å². The largest absolute Gasteiger partial charge is 0.395 e. The minimum Gasteiger partial charge on any atom is -0.330 e. The Balaban J connectivity index is 3.15. The second kappa shape index (κ2) is 4.87. The fraction of sp³-hybridized carbons (Fsp3) is 0.500. The molecule has 1 aromatic carbocycles. The van der Waals surface area contributed by atoms with Crippen LogP contribution in [0.25, 0.3) is 0 Å². The molecular formula is C12H16F3N. The van der Waals surface area contributed by atoms with Crippen molar-refractivity contribution in [2.24, 2.45) is 5.73 Å². The zero-order valence-corrected chi connectivity index (χ0v) is 9.43. The molecule has 1 rings (SSSR count). The fourth-order valence-corrected chi connectivity index (χ4v) is 1.80. The molecule has 0 bridgehead atoms. The highest BCUT2D eigenvalue weighted by atomic mass is 19.4. The van der Waals surface area contributed by atoms with Crippen LogP contribution in [0.1, 0.15) is 29.0 Å². The molecule has 4 heteroatoms. The van der Waals surface area contributed by atoms with Gasteiger partial charge >= 0.3 is 6.18 Å². The van der Waals surface area contributed by atoms with Crippen LogP contribution in [-0.2, 0) is 0 Å². The molecule has 0 radical (unpaired) electrons. The van der Waals surface area contributed by atoms with E-state index in [4.69, 9.17) is 5.73 Å². The minimum absolute atomic E-state index is 0.0392. The summed E-state index contributed by atoms with van der Waals surface area (Å²) in [5.74, 6) is -1.45.